The van der Waals surface area contributed by atoms with E-state index >= 15 is 0 Å². The molecular weight excluding hydrogens is 270 g/mol. The van der Waals surface area contributed by atoms with Gasteiger partial charge in [0.05, 0.1) is 6.10 Å². The van der Waals surface area contributed by atoms with Crippen molar-refractivity contribution in [1.82, 2.24) is 5.32 Å². The summed E-state index contributed by atoms with van der Waals surface area (Å²) in [6, 6.07) is 7.99. The predicted octanol–water partition coefficient (Wildman–Crippen LogP) is 4.59. The fourth-order valence-corrected chi connectivity index (χ4v) is 2.43. The Morgan fingerprint density at radius 3 is 2.60 bits per heavy atom. The topological polar surface area (TPSA) is 21.3 Å². The zero-order valence-corrected chi connectivity index (χ0v) is 13.5. The Morgan fingerprint density at radius 2 is 2.00 bits per heavy atom. The van der Waals surface area contributed by atoms with Crippen molar-refractivity contribution in [3.8, 4) is 0 Å². The van der Waals surface area contributed by atoms with Gasteiger partial charge in [-0.15, -0.1) is 0 Å². The largest absolute Gasteiger partial charge is 0.372 e. The fraction of sp³-hybridized carbons (Fsp3) is 0.647. The van der Waals surface area contributed by atoms with Gasteiger partial charge in [-0.1, -0.05) is 42.6 Å². The van der Waals surface area contributed by atoms with Gasteiger partial charge in [-0.2, -0.15) is 0 Å². The van der Waals surface area contributed by atoms with Crippen LogP contribution in [0.2, 0.25) is 5.02 Å². The van der Waals surface area contributed by atoms with Crippen LogP contribution in [0.4, 0.5) is 0 Å². The Bertz CT molecular complexity index is 423. The Labute approximate surface area is 127 Å². The lowest BCUT2D eigenvalue weighted by molar-refractivity contribution is 0.0445. The number of nitrogens with one attached hydrogen (secondary N) is 1. The molecule has 20 heavy (non-hydrogen) atoms. The van der Waals surface area contributed by atoms with E-state index in [9.17, 15) is 0 Å². The number of hydrogen-bond acceptors (Lipinski definition) is 2. The summed E-state index contributed by atoms with van der Waals surface area (Å²) in [6.07, 6.45) is 3.96. The SMILES string of the molecule is CC(C)(C)NCC(OCCC1CC1)c1ccccc1Cl. The summed E-state index contributed by atoms with van der Waals surface area (Å²) in [5.41, 5.74) is 1.17. The van der Waals surface area contributed by atoms with Crippen LogP contribution in [0.15, 0.2) is 24.3 Å². The van der Waals surface area contributed by atoms with Gasteiger partial charge in [0.2, 0.25) is 0 Å². The number of ether oxygens (including phenoxy) is 1. The molecule has 112 valence electrons. The smallest absolute Gasteiger partial charge is 0.0963 e. The monoisotopic (exact) mass is 295 g/mol. The van der Waals surface area contributed by atoms with Crippen LogP contribution in [0.25, 0.3) is 0 Å². The molecule has 3 heteroatoms. The molecule has 1 atom stereocenters. The summed E-state index contributed by atoms with van der Waals surface area (Å²) in [4.78, 5) is 0. The molecule has 0 aliphatic heterocycles. The molecule has 2 rings (SSSR count). The fourth-order valence-electron chi connectivity index (χ4n) is 2.18. The molecule has 0 radical (unpaired) electrons. The molecule has 1 aliphatic rings. The zero-order chi connectivity index (χ0) is 14.6. The summed E-state index contributed by atoms with van der Waals surface area (Å²) in [6.45, 7) is 8.12. The molecule has 1 aliphatic carbocycles. The van der Waals surface area contributed by atoms with E-state index in [0.717, 1.165) is 29.7 Å². The van der Waals surface area contributed by atoms with Gasteiger partial charge in [0.1, 0.15) is 0 Å². The third-order valence-electron chi connectivity index (χ3n) is 3.61. The molecule has 0 spiro atoms. The first-order chi connectivity index (χ1) is 9.46. The molecule has 1 fully saturated rings. The maximum atomic E-state index is 6.32. The van der Waals surface area contributed by atoms with E-state index in [4.69, 9.17) is 16.3 Å². The lowest BCUT2D eigenvalue weighted by Gasteiger charge is -2.26. The third kappa shape index (κ3) is 5.43. The van der Waals surface area contributed by atoms with Gasteiger partial charge in [0.25, 0.3) is 0 Å². The molecule has 1 unspecified atom stereocenters. The summed E-state index contributed by atoms with van der Waals surface area (Å²) < 4.78 is 6.11. The van der Waals surface area contributed by atoms with Crippen molar-refractivity contribution in [2.75, 3.05) is 13.2 Å². The third-order valence-corrected chi connectivity index (χ3v) is 3.96. The molecule has 1 saturated carbocycles. The molecule has 0 amide bonds. The van der Waals surface area contributed by atoms with Crippen LogP contribution in [-0.4, -0.2) is 18.7 Å². The summed E-state index contributed by atoms with van der Waals surface area (Å²) in [7, 11) is 0. The number of rotatable bonds is 7. The van der Waals surface area contributed by atoms with Crippen molar-refractivity contribution in [3.63, 3.8) is 0 Å². The van der Waals surface area contributed by atoms with Crippen molar-refractivity contribution in [2.24, 2.45) is 5.92 Å². The van der Waals surface area contributed by atoms with Crippen molar-refractivity contribution < 1.29 is 4.74 Å². The van der Waals surface area contributed by atoms with Crippen LogP contribution in [0, 0.1) is 5.92 Å². The molecule has 1 N–H and O–H groups in total. The molecule has 0 bridgehead atoms. The van der Waals surface area contributed by atoms with Crippen LogP contribution < -0.4 is 5.32 Å². The Hall–Kier alpha value is -0.570. The lowest BCUT2D eigenvalue weighted by Crippen LogP contribution is -2.39. The second-order valence-corrected chi connectivity index (χ2v) is 7.15. The molecule has 0 aromatic heterocycles. The second-order valence-electron chi connectivity index (χ2n) is 6.74. The first kappa shape index (κ1) is 15.8. The van der Waals surface area contributed by atoms with Gasteiger partial charge >= 0.3 is 0 Å². The van der Waals surface area contributed by atoms with E-state index in [0.29, 0.717) is 0 Å². The van der Waals surface area contributed by atoms with E-state index in [1.807, 2.05) is 18.2 Å². The minimum absolute atomic E-state index is 0.0293. The summed E-state index contributed by atoms with van der Waals surface area (Å²) >= 11 is 6.32. The van der Waals surface area contributed by atoms with Crippen molar-refractivity contribution >= 4 is 11.6 Å². The van der Waals surface area contributed by atoms with Gasteiger partial charge in [-0.25, -0.2) is 0 Å². The summed E-state index contributed by atoms with van der Waals surface area (Å²) in [5.74, 6) is 0.900. The normalized spacial score (nSPS) is 17.2. The zero-order valence-electron chi connectivity index (χ0n) is 12.8. The highest BCUT2D eigenvalue weighted by atomic mass is 35.5. The van der Waals surface area contributed by atoms with E-state index in [-0.39, 0.29) is 11.6 Å². The molecule has 1 aromatic rings. The van der Waals surface area contributed by atoms with E-state index in [1.165, 1.54) is 19.3 Å². The highest BCUT2D eigenvalue weighted by molar-refractivity contribution is 6.31. The molecule has 2 nitrogen and oxygen atoms in total. The Morgan fingerprint density at radius 1 is 1.30 bits per heavy atom. The van der Waals surface area contributed by atoms with Gasteiger partial charge in [0, 0.05) is 29.3 Å². The van der Waals surface area contributed by atoms with Crippen LogP contribution in [-0.2, 0) is 4.74 Å². The van der Waals surface area contributed by atoms with Gasteiger partial charge < -0.3 is 10.1 Å². The average Bonchev–Trinajstić information content (AvgIpc) is 3.17. The van der Waals surface area contributed by atoms with Crippen LogP contribution in [0.3, 0.4) is 0 Å². The number of hydrogen-bond donors (Lipinski definition) is 1. The summed E-state index contributed by atoms with van der Waals surface area (Å²) in [5, 5.41) is 4.31. The standard InChI is InChI=1S/C17H26ClNO/c1-17(2,3)19-12-16(20-11-10-13-8-9-13)14-6-4-5-7-15(14)18/h4-7,13,16,19H,8-12H2,1-3H3. The molecule has 1 aromatic carbocycles. The van der Waals surface area contributed by atoms with Crippen LogP contribution in [0.1, 0.15) is 51.7 Å². The molecule has 0 heterocycles. The maximum absolute atomic E-state index is 6.32. The molecule has 0 saturated heterocycles. The minimum Gasteiger partial charge on any atom is -0.372 e. The van der Waals surface area contributed by atoms with Gasteiger partial charge in [-0.3, -0.25) is 0 Å². The number of halogens is 1. The lowest BCUT2D eigenvalue weighted by atomic mass is 10.1. The van der Waals surface area contributed by atoms with E-state index < -0.39 is 0 Å². The predicted molar refractivity (Wildman–Crippen MR) is 85.2 cm³/mol. The highest BCUT2D eigenvalue weighted by Crippen LogP contribution is 2.33. The van der Waals surface area contributed by atoms with Crippen LogP contribution in [0.5, 0.6) is 0 Å². The van der Waals surface area contributed by atoms with Gasteiger partial charge in [0.15, 0.2) is 0 Å². The minimum atomic E-state index is 0.0293. The van der Waals surface area contributed by atoms with E-state index in [2.05, 4.69) is 32.2 Å². The first-order valence-corrected chi connectivity index (χ1v) is 7.94. The van der Waals surface area contributed by atoms with Crippen molar-refractivity contribution in [3.05, 3.63) is 34.9 Å². The van der Waals surface area contributed by atoms with Crippen molar-refractivity contribution in [1.29, 1.82) is 0 Å². The average molecular weight is 296 g/mol. The molecular formula is C17H26ClNO. The van der Waals surface area contributed by atoms with Crippen LogP contribution >= 0.6 is 11.6 Å². The number of benzene rings is 1. The first-order valence-electron chi connectivity index (χ1n) is 7.57. The second kappa shape index (κ2) is 6.93. The highest BCUT2D eigenvalue weighted by Gasteiger charge is 2.23. The maximum Gasteiger partial charge on any atom is 0.0963 e. The van der Waals surface area contributed by atoms with E-state index in [1.54, 1.807) is 0 Å². The Kier molecular flexibility index (Phi) is 5.48. The Balaban J connectivity index is 1.96. The van der Waals surface area contributed by atoms with Gasteiger partial charge in [-0.05, 0) is 39.2 Å². The quantitative estimate of drug-likeness (QED) is 0.794. The van der Waals surface area contributed by atoms with Crippen molar-refractivity contribution in [2.45, 2.75) is 51.7 Å².